The van der Waals surface area contributed by atoms with Gasteiger partial charge in [-0.3, -0.25) is 4.98 Å². The van der Waals surface area contributed by atoms with E-state index in [0.29, 0.717) is 0 Å². The quantitative estimate of drug-likeness (QED) is 0.649. The van der Waals surface area contributed by atoms with Gasteiger partial charge in [-0.1, -0.05) is 17.8 Å². The SMILES string of the molecule is [CH3-].[Y].[c-]1cnc2cccnc2c1. The van der Waals surface area contributed by atoms with Gasteiger partial charge in [0.2, 0.25) is 0 Å². The number of hydrogen-bond acceptors (Lipinski definition) is 2. The first kappa shape index (κ1) is 11.7. The Morgan fingerprint density at radius 3 is 2.75 bits per heavy atom. The number of aromatic nitrogens is 2. The van der Waals surface area contributed by atoms with Crippen molar-refractivity contribution in [2.45, 2.75) is 0 Å². The number of pyridine rings is 2. The van der Waals surface area contributed by atoms with Crippen molar-refractivity contribution >= 4 is 11.0 Å². The number of fused-ring (bicyclic) bond motifs is 1. The molecule has 0 bridgehead atoms. The maximum atomic E-state index is 4.09. The van der Waals surface area contributed by atoms with E-state index in [1.807, 2.05) is 18.2 Å². The maximum absolute atomic E-state index is 4.09. The van der Waals surface area contributed by atoms with Gasteiger partial charge in [0.15, 0.2) is 0 Å². The van der Waals surface area contributed by atoms with Gasteiger partial charge in [-0.15, -0.1) is 0 Å². The van der Waals surface area contributed by atoms with E-state index in [4.69, 9.17) is 0 Å². The van der Waals surface area contributed by atoms with Crippen LogP contribution in [-0.4, -0.2) is 9.97 Å². The van der Waals surface area contributed by atoms with Crippen molar-refractivity contribution in [2.75, 3.05) is 0 Å². The van der Waals surface area contributed by atoms with Crippen LogP contribution in [0.15, 0.2) is 30.6 Å². The molecule has 2 nitrogen and oxygen atoms in total. The van der Waals surface area contributed by atoms with E-state index in [9.17, 15) is 0 Å². The van der Waals surface area contributed by atoms with Crippen molar-refractivity contribution in [3.8, 4) is 0 Å². The summed E-state index contributed by atoms with van der Waals surface area (Å²) < 4.78 is 0. The van der Waals surface area contributed by atoms with Gasteiger partial charge in [0.05, 0.1) is 0 Å². The third kappa shape index (κ3) is 2.32. The van der Waals surface area contributed by atoms with Gasteiger partial charge < -0.3 is 12.4 Å². The van der Waals surface area contributed by atoms with E-state index >= 15 is 0 Å². The minimum Gasteiger partial charge on any atom is -0.358 e. The first-order valence-electron chi connectivity index (χ1n) is 3.03. The minimum absolute atomic E-state index is 0. The van der Waals surface area contributed by atoms with Gasteiger partial charge in [-0.05, 0) is 6.07 Å². The zero-order chi connectivity index (χ0) is 6.81. The summed E-state index contributed by atoms with van der Waals surface area (Å²) in [5.41, 5.74) is 1.81. The number of nitrogens with zero attached hydrogens (tertiary/aromatic N) is 2. The first-order valence-corrected chi connectivity index (χ1v) is 3.03. The summed E-state index contributed by atoms with van der Waals surface area (Å²) in [6.07, 6.45) is 3.39. The van der Waals surface area contributed by atoms with Crippen molar-refractivity contribution in [3.63, 3.8) is 0 Å². The Kier molecular flexibility index (Phi) is 5.18. The van der Waals surface area contributed by atoms with Gasteiger partial charge in [-0.2, -0.15) is 0 Å². The molecular weight excluding hydrogens is 225 g/mol. The fourth-order valence-corrected chi connectivity index (χ4v) is 0.852. The van der Waals surface area contributed by atoms with Crippen LogP contribution in [0.2, 0.25) is 0 Å². The molecule has 12 heavy (non-hydrogen) atoms. The van der Waals surface area contributed by atoms with Gasteiger partial charge in [0, 0.05) is 44.4 Å². The zero-order valence-electron chi connectivity index (χ0n) is 6.86. The standard InChI is InChI=1S/C8H5N2.CH3.Y/c1-3-7-8(9-5-1)4-2-6-10-7;;/h1,3-6H;1H3;/q2*-1;. The van der Waals surface area contributed by atoms with Crippen LogP contribution in [0, 0.1) is 13.5 Å². The second-order valence-electron chi connectivity index (χ2n) is 1.98. The Morgan fingerprint density at radius 2 is 2.00 bits per heavy atom. The van der Waals surface area contributed by atoms with Crippen molar-refractivity contribution < 1.29 is 32.7 Å². The largest absolute Gasteiger partial charge is 0.358 e. The fourth-order valence-electron chi connectivity index (χ4n) is 0.852. The van der Waals surface area contributed by atoms with Crippen molar-refractivity contribution in [3.05, 3.63) is 44.1 Å². The molecular formula is C9H8N2Y-2. The summed E-state index contributed by atoms with van der Waals surface area (Å²) in [6, 6.07) is 8.48. The second kappa shape index (κ2) is 5.33. The molecule has 0 saturated carbocycles. The maximum Gasteiger partial charge on any atom is 0.00550 e. The van der Waals surface area contributed by atoms with E-state index in [2.05, 4.69) is 16.0 Å². The monoisotopic (exact) mass is 233 g/mol. The van der Waals surface area contributed by atoms with E-state index in [0.717, 1.165) is 11.0 Å². The molecule has 0 N–H and O–H groups in total. The Bertz CT molecular complexity index is 284. The van der Waals surface area contributed by atoms with Crippen molar-refractivity contribution in [1.82, 2.24) is 9.97 Å². The third-order valence-electron chi connectivity index (χ3n) is 1.31. The zero-order valence-corrected chi connectivity index (χ0v) is 9.70. The Balaban J connectivity index is 0.000000605. The summed E-state index contributed by atoms with van der Waals surface area (Å²) in [5, 5.41) is 0. The molecule has 0 amide bonds. The molecule has 0 aromatic carbocycles. The van der Waals surface area contributed by atoms with Crippen LogP contribution in [0.1, 0.15) is 0 Å². The summed E-state index contributed by atoms with van der Waals surface area (Å²) in [6.45, 7) is 0. The Morgan fingerprint density at radius 1 is 1.17 bits per heavy atom. The van der Waals surface area contributed by atoms with Crippen LogP contribution in [0.5, 0.6) is 0 Å². The van der Waals surface area contributed by atoms with Crippen LogP contribution in [0.25, 0.3) is 11.0 Å². The van der Waals surface area contributed by atoms with Crippen molar-refractivity contribution in [1.29, 1.82) is 0 Å². The summed E-state index contributed by atoms with van der Waals surface area (Å²) in [5.74, 6) is 0. The minimum atomic E-state index is 0. The van der Waals surface area contributed by atoms with Gasteiger partial charge in [0.1, 0.15) is 0 Å². The molecule has 0 unspecified atom stereocenters. The van der Waals surface area contributed by atoms with E-state index in [-0.39, 0.29) is 40.1 Å². The van der Waals surface area contributed by atoms with E-state index in [1.165, 1.54) is 0 Å². The smallest absolute Gasteiger partial charge is 0.00550 e. The van der Waals surface area contributed by atoms with Crippen LogP contribution in [0.4, 0.5) is 0 Å². The summed E-state index contributed by atoms with van der Waals surface area (Å²) in [7, 11) is 0. The first-order chi connectivity index (χ1) is 4.97. The van der Waals surface area contributed by atoms with E-state index < -0.39 is 0 Å². The average Bonchev–Trinajstić information content (AvgIpc) is 2.05. The molecule has 0 spiro atoms. The topological polar surface area (TPSA) is 25.8 Å². The predicted octanol–water partition coefficient (Wildman–Crippen LogP) is 1.88. The molecule has 3 heteroatoms. The van der Waals surface area contributed by atoms with Crippen LogP contribution in [-0.2, 0) is 32.7 Å². The molecule has 59 valence electrons. The molecule has 0 fully saturated rings. The van der Waals surface area contributed by atoms with Crippen LogP contribution >= 0.6 is 0 Å². The molecule has 0 aliphatic rings. The van der Waals surface area contributed by atoms with Gasteiger partial charge in [0.25, 0.3) is 0 Å². The molecule has 2 heterocycles. The molecule has 0 saturated heterocycles. The molecule has 2 rings (SSSR count). The average molecular weight is 233 g/mol. The van der Waals surface area contributed by atoms with Crippen LogP contribution < -0.4 is 0 Å². The summed E-state index contributed by atoms with van der Waals surface area (Å²) >= 11 is 0. The Labute approximate surface area is 97.3 Å². The van der Waals surface area contributed by atoms with Gasteiger partial charge >= 0.3 is 0 Å². The Hall–Kier alpha value is -0.336. The van der Waals surface area contributed by atoms with Crippen molar-refractivity contribution in [2.24, 2.45) is 0 Å². The normalized spacial score (nSPS) is 8.33. The molecule has 0 aliphatic carbocycles. The molecule has 2 aromatic rings. The molecule has 2 aromatic heterocycles. The fraction of sp³-hybridized carbons (Fsp3) is 0. The van der Waals surface area contributed by atoms with Gasteiger partial charge in [-0.25, -0.2) is 12.1 Å². The molecule has 0 atom stereocenters. The summed E-state index contributed by atoms with van der Waals surface area (Å²) in [4.78, 5) is 8.15. The number of hydrogen-bond donors (Lipinski definition) is 0. The second-order valence-corrected chi connectivity index (χ2v) is 1.98. The van der Waals surface area contributed by atoms with Crippen LogP contribution in [0.3, 0.4) is 0 Å². The predicted molar refractivity (Wildman–Crippen MR) is 44.8 cm³/mol. The number of rotatable bonds is 0. The molecule has 0 aliphatic heterocycles. The van der Waals surface area contributed by atoms with E-state index in [1.54, 1.807) is 12.4 Å². The third-order valence-corrected chi connectivity index (χ3v) is 1.31. The molecule has 1 radical (unpaired) electrons.